The van der Waals surface area contributed by atoms with Gasteiger partial charge >= 0.3 is 0 Å². The van der Waals surface area contributed by atoms with Gasteiger partial charge in [0.15, 0.2) is 0 Å². The van der Waals surface area contributed by atoms with E-state index in [1.807, 2.05) is 42.5 Å². The Balaban J connectivity index is 1.31. The van der Waals surface area contributed by atoms with Gasteiger partial charge in [0.2, 0.25) is 5.71 Å². The molecule has 0 radical (unpaired) electrons. The lowest BCUT2D eigenvalue weighted by atomic mass is 9.85. The fourth-order valence-corrected chi connectivity index (χ4v) is 6.92. The Labute approximate surface area is 284 Å². The molecular formula is C44H39N3O. The van der Waals surface area contributed by atoms with E-state index in [1.165, 1.54) is 27.8 Å². The molecule has 0 fully saturated rings. The molecule has 0 aliphatic heterocycles. The Bertz CT molecular complexity index is 2470. The molecule has 0 atom stereocenters. The van der Waals surface area contributed by atoms with Crippen LogP contribution in [0.4, 0.5) is 0 Å². The smallest absolute Gasteiger partial charge is 0.227 e. The summed E-state index contributed by atoms with van der Waals surface area (Å²) in [4.78, 5) is 9.99. The molecule has 8 aromatic rings. The van der Waals surface area contributed by atoms with E-state index in [2.05, 4.69) is 99.0 Å². The third-order valence-corrected chi connectivity index (χ3v) is 9.29. The van der Waals surface area contributed by atoms with Crippen LogP contribution in [0.25, 0.3) is 55.6 Å². The second-order valence-electron chi connectivity index (χ2n) is 13.1. The van der Waals surface area contributed by atoms with Crippen molar-refractivity contribution in [3.63, 3.8) is 0 Å². The molecule has 48 heavy (non-hydrogen) atoms. The van der Waals surface area contributed by atoms with Crippen molar-refractivity contribution >= 4 is 33.1 Å². The predicted molar refractivity (Wildman–Crippen MR) is 199 cm³/mol. The highest BCUT2D eigenvalue weighted by Gasteiger charge is 2.23. The molecule has 4 nitrogen and oxygen atoms in total. The summed E-state index contributed by atoms with van der Waals surface area (Å²) in [6.07, 6.45) is -1.77. The van der Waals surface area contributed by atoms with Crippen LogP contribution in [0.2, 0.25) is 0 Å². The molecule has 0 unspecified atom stereocenters. The lowest BCUT2D eigenvalue weighted by Gasteiger charge is -2.23. The number of benzene rings is 5. The maximum atomic E-state index is 8.90. The standard InChI is InChI=1S/C44H39N3O/c1-28(2)37-25-32(31-16-9-6-10-17-31)26-38(29(3)4)39(37)27-47-41-21-12-11-20-40(41)46-43(47)36-19-13-18-34-35-23-22-33(45-44(35)48-42(34)36)24-30-14-7-5-8-15-30/h5-23,25-26,28-29H,24,27H2,1-4H3/i24D2. The molecule has 0 spiro atoms. The predicted octanol–water partition coefficient (Wildman–Crippen LogP) is 11.6. The zero-order valence-corrected chi connectivity index (χ0v) is 27.7. The monoisotopic (exact) mass is 627 g/mol. The van der Waals surface area contributed by atoms with Gasteiger partial charge in [0, 0.05) is 25.6 Å². The lowest BCUT2D eigenvalue weighted by Crippen LogP contribution is -2.11. The van der Waals surface area contributed by atoms with Crippen LogP contribution in [-0.2, 0) is 12.9 Å². The van der Waals surface area contributed by atoms with Gasteiger partial charge in [-0.05, 0) is 75.5 Å². The molecule has 8 rings (SSSR count). The van der Waals surface area contributed by atoms with Crippen molar-refractivity contribution < 1.29 is 7.16 Å². The highest BCUT2D eigenvalue weighted by atomic mass is 16.3. The van der Waals surface area contributed by atoms with E-state index in [-0.39, 0.29) is 0 Å². The minimum atomic E-state index is -1.77. The van der Waals surface area contributed by atoms with Crippen LogP contribution in [0.1, 0.15) is 70.2 Å². The first-order chi connectivity index (χ1) is 24.2. The Morgan fingerprint density at radius 1 is 0.667 bits per heavy atom. The molecule has 0 saturated heterocycles. The van der Waals surface area contributed by atoms with Crippen molar-refractivity contribution in [3.8, 4) is 22.5 Å². The van der Waals surface area contributed by atoms with Gasteiger partial charge in [0.25, 0.3) is 0 Å². The third kappa shape index (κ3) is 5.37. The fraction of sp³-hybridized carbons (Fsp3) is 0.182. The molecule has 0 bridgehead atoms. The number of furan rings is 1. The third-order valence-electron chi connectivity index (χ3n) is 9.29. The molecular weight excluding hydrogens is 587 g/mol. The number of fused-ring (bicyclic) bond motifs is 4. The first-order valence-electron chi connectivity index (χ1n) is 17.8. The summed E-state index contributed by atoms with van der Waals surface area (Å²) in [5.74, 6) is 1.47. The van der Waals surface area contributed by atoms with E-state index in [1.54, 1.807) is 18.2 Å². The highest BCUT2D eigenvalue weighted by Crippen LogP contribution is 2.39. The molecule has 0 aliphatic rings. The van der Waals surface area contributed by atoms with Crippen molar-refractivity contribution in [1.29, 1.82) is 0 Å². The maximum absolute atomic E-state index is 8.90. The quantitative estimate of drug-likeness (QED) is 0.168. The van der Waals surface area contributed by atoms with Crippen LogP contribution in [0.5, 0.6) is 0 Å². The lowest BCUT2D eigenvalue weighted by molar-refractivity contribution is 0.651. The fourth-order valence-electron chi connectivity index (χ4n) is 6.92. The van der Waals surface area contributed by atoms with Gasteiger partial charge in [0.1, 0.15) is 11.4 Å². The molecule has 5 aromatic carbocycles. The number of para-hydroxylation sites is 3. The first-order valence-corrected chi connectivity index (χ1v) is 16.8. The molecule has 236 valence electrons. The number of rotatable bonds is 8. The van der Waals surface area contributed by atoms with E-state index in [0.29, 0.717) is 40.9 Å². The zero-order chi connectivity index (χ0) is 34.6. The summed E-state index contributed by atoms with van der Waals surface area (Å²) in [5.41, 5.74) is 11.3. The van der Waals surface area contributed by atoms with Crippen LogP contribution in [-0.4, -0.2) is 14.5 Å². The van der Waals surface area contributed by atoms with Crippen LogP contribution in [0.15, 0.2) is 132 Å². The summed E-state index contributed by atoms with van der Waals surface area (Å²) in [7, 11) is 0. The number of nitrogens with zero attached hydrogens (tertiary/aromatic N) is 3. The largest absolute Gasteiger partial charge is 0.437 e. The Kier molecular flexibility index (Phi) is 7.06. The van der Waals surface area contributed by atoms with Gasteiger partial charge in [-0.3, -0.25) is 0 Å². The van der Waals surface area contributed by atoms with Gasteiger partial charge < -0.3 is 8.98 Å². The molecule has 0 N–H and O–H groups in total. The molecule has 3 aromatic heterocycles. The molecule has 3 heterocycles. The van der Waals surface area contributed by atoms with Crippen molar-refractivity contribution in [1.82, 2.24) is 14.5 Å². The molecule has 0 amide bonds. The molecule has 0 saturated carbocycles. The minimum Gasteiger partial charge on any atom is -0.437 e. The zero-order valence-electron chi connectivity index (χ0n) is 29.7. The number of pyridine rings is 1. The number of hydrogen-bond acceptors (Lipinski definition) is 3. The van der Waals surface area contributed by atoms with Gasteiger partial charge in [-0.15, -0.1) is 0 Å². The molecule has 4 heteroatoms. The van der Waals surface area contributed by atoms with Crippen molar-refractivity contribution in [3.05, 3.63) is 155 Å². The maximum Gasteiger partial charge on any atom is 0.227 e. The van der Waals surface area contributed by atoms with E-state index >= 15 is 0 Å². The Hall–Kier alpha value is -5.48. The van der Waals surface area contributed by atoms with E-state index in [9.17, 15) is 0 Å². The second-order valence-corrected chi connectivity index (χ2v) is 13.1. The van der Waals surface area contributed by atoms with E-state index in [4.69, 9.17) is 17.1 Å². The average Bonchev–Trinajstić information content (AvgIpc) is 3.70. The van der Waals surface area contributed by atoms with Crippen molar-refractivity contribution in [2.75, 3.05) is 0 Å². The van der Waals surface area contributed by atoms with Gasteiger partial charge in [-0.25, -0.2) is 9.97 Å². The summed E-state index contributed by atoms with van der Waals surface area (Å²) in [6, 6.07) is 42.7. The Morgan fingerprint density at radius 3 is 2.08 bits per heavy atom. The number of imidazole rings is 1. The SMILES string of the molecule is [2H]C([2H])(c1ccccc1)c1ccc2c(n1)oc1c(-c3nc4ccccc4n3Cc3c(C(C)C)cc(-c4ccccc4)cc3C(C)C)cccc12. The van der Waals surface area contributed by atoms with E-state index in [0.717, 1.165) is 33.2 Å². The number of aromatic nitrogens is 3. The van der Waals surface area contributed by atoms with E-state index < -0.39 is 6.37 Å². The highest BCUT2D eigenvalue weighted by molar-refractivity contribution is 6.08. The summed E-state index contributed by atoms with van der Waals surface area (Å²) in [5, 5.41) is 1.77. The van der Waals surface area contributed by atoms with Crippen LogP contribution >= 0.6 is 0 Å². The second kappa shape index (κ2) is 12.3. The Morgan fingerprint density at radius 2 is 1.35 bits per heavy atom. The minimum absolute atomic E-state index is 0.311. The topological polar surface area (TPSA) is 43.9 Å². The normalized spacial score (nSPS) is 12.8. The summed E-state index contributed by atoms with van der Waals surface area (Å²) < 4.78 is 26.7. The van der Waals surface area contributed by atoms with Gasteiger partial charge in [0.05, 0.1) is 23.1 Å². The van der Waals surface area contributed by atoms with Crippen molar-refractivity contribution in [2.45, 2.75) is 52.4 Å². The van der Waals surface area contributed by atoms with Crippen LogP contribution in [0, 0.1) is 0 Å². The van der Waals surface area contributed by atoms with Gasteiger partial charge in [-0.1, -0.05) is 125 Å². The molecule has 0 aliphatic carbocycles. The van der Waals surface area contributed by atoms with Gasteiger partial charge in [-0.2, -0.15) is 0 Å². The summed E-state index contributed by atoms with van der Waals surface area (Å²) in [6.45, 7) is 9.77. The summed E-state index contributed by atoms with van der Waals surface area (Å²) >= 11 is 0. The van der Waals surface area contributed by atoms with Crippen LogP contribution in [0.3, 0.4) is 0 Å². The van der Waals surface area contributed by atoms with Crippen molar-refractivity contribution in [2.24, 2.45) is 0 Å². The number of hydrogen-bond donors (Lipinski definition) is 0. The van der Waals surface area contributed by atoms with Crippen LogP contribution < -0.4 is 0 Å². The average molecular weight is 628 g/mol. The first kappa shape index (κ1) is 27.6.